The summed E-state index contributed by atoms with van der Waals surface area (Å²) in [6.45, 7) is 5.23. The summed E-state index contributed by atoms with van der Waals surface area (Å²) >= 11 is 6.27. The molecule has 0 amide bonds. The Kier molecular flexibility index (Phi) is 3.76. The summed E-state index contributed by atoms with van der Waals surface area (Å²) in [5.74, 6) is -0.636. The first kappa shape index (κ1) is 14.5. The van der Waals surface area contributed by atoms with Crippen molar-refractivity contribution in [2.75, 3.05) is 0 Å². The van der Waals surface area contributed by atoms with Crippen molar-refractivity contribution in [1.82, 2.24) is 20.2 Å². The zero-order valence-electron chi connectivity index (χ0n) is 11.5. The minimum atomic E-state index is -1.22. The van der Waals surface area contributed by atoms with Crippen molar-refractivity contribution >= 4 is 17.6 Å². The molecule has 1 heterocycles. The molecule has 0 radical (unpaired) electrons. The van der Waals surface area contributed by atoms with E-state index in [4.69, 9.17) is 11.6 Å². The van der Waals surface area contributed by atoms with Gasteiger partial charge in [-0.15, -0.1) is 5.10 Å². The summed E-state index contributed by atoms with van der Waals surface area (Å²) in [4.78, 5) is 11.5. The molecule has 1 aromatic heterocycles. The quantitative estimate of drug-likeness (QED) is 0.937. The SMILES string of the molecule is CCC(C)(C(=O)O)n1nnnc1-c1cccc(C)c1Cl. The number of carboxylic acids is 1. The highest BCUT2D eigenvalue weighted by Gasteiger charge is 2.37. The number of tetrazole rings is 1. The van der Waals surface area contributed by atoms with Crippen LogP contribution in [-0.4, -0.2) is 31.3 Å². The predicted molar refractivity (Wildman–Crippen MR) is 74.6 cm³/mol. The van der Waals surface area contributed by atoms with Crippen LogP contribution < -0.4 is 0 Å². The average molecular weight is 295 g/mol. The maximum Gasteiger partial charge on any atom is 0.331 e. The van der Waals surface area contributed by atoms with Gasteiger partial charge in [-0.2, -0.15) is 0 Å². The molecule has 20 heavy (non-hydrogen) atoms. The van der Waals surface area contributed by atoms with Crippen molar-refractivity contribution in [2.45, 2.75) is 32.7 Å². The monoisotopic (exact) mass is 294 g/mol. The zero-order valence-corrected chi connectivity index (χ0v) is 12.2. The van der Waals surface area contributed by atoms with E-state index in [0.29, 0.717) is 22.8 Å². The fourth-order valence-electron chi connectivity index (χ4n) is 1.90. The van der Waals surface area contributed by atoms with Crippen LogP contribution in [0.2, 0.25) is 5.02 Å². The Morgan fingerprint density at radius 1 is 1.50 bits per heavy atom. The van der Waals surface area contributed by atoms with Crippen molar-refractivity contribution in [3.8, 4) is 11.4 Å². The smallest absolute Gasteiger partial charge is 0.331 e. The summed E-state index contributed by atoms with van der Waals surface area (Å²) in [7, 11) is 0. The highest BCUT2D eigenvalue weighted by molar-refractivity contribution is 6.33. The Balaban J connectivity index is 2.65. The molecule has 0 aliphatic heterocycles. The third-order valence-corrected chi connectivity index (χ3v) is 4.02. The van der Waals surface area contributed by atoms with E-state index in [-0.39, 0.29) is 0 Å². The highest BCUT2D eigenvalue weighted by Crippen LogP contribution is 2.32. The molecule has 7 heteroatoms. The van der Waals surface area contributed by atoms with Gasteiger partial charge in [-0.05, 0) is 42.3 Å². The second-order valence-corrected chi connectivity index (χ2v) is 5.16. The predicted octanol–water partition coefficient (Wildman–Crippen LogP) is 2.51. The number of halogens is 1. The zero-order chi connectivity index (χ0) is 14.9. The summed E-state index contributed by atoms with van der Waals surface area (Å²) < 4.78 is 1.32. The summed E-state index contributed by atoms with van der Waals surface area (Å²) in [5.41, 5.74) is 0.288. The molecule has 2 rings (SSSR count). The van der Waals surface area contributed by atoms with Gasteiger partial charge in [-0.25, -0.2) is 9.48 Å². The Hall–Kier alpha value is -1.95. The van der Waals surface area contributed by atoms with Gasteiger partial charge in [0, 0.05) is 5.56 Å². The van der Waals surface area contributed by atoms with E-state index in [0.717, 1.165) is 5.56 Å². The van der Waals surface area contributed by atoms with Crippen LogP contribution in [-0.2, 0) is 10.3 Å². The van der Waals surface area contributed by atoms with Crippen LogP contribution in [0.15, 0.2) is 18.2 Å². The van der Waals surface area contributed by atoms with E-state index in [9.17, 15) is 9.90 Å². The fourth-order valence-corrected chi connectivity index (χ4v) is 2.11. The van der Waals surface area contributed by atoms with Crippen LogP contribution in [0.3, 0.4) is 0 Å². The normalized spacial score (nSPS) is 14.0. The minimum absolute atomic E-state index is 0.351. The number of aryl methyl sites for hydroxylation is 1. The molecule has 0 saturated carbocycles. The minimum Gasteiger partial charge on any atom is -0.479 e. The van der Waals surface area contributed by atoms with Gasteiger partial charge in [-0.1, -0.05) is 30.7 Å². The van der Waals surface area contributed by atoms with Crippen LogP contribution in [0.4, 0.5) is 0 Å². The molecular formula is C13H15ClN4O2. The van der Waals surface area contributed by atoms with Crippen LogP contribution >= 0.6 is 11.6 Å². The van der Waals surface area contributed by atoms with E-state index >= 15 is 0 Å². The lowest BCUT2D eigenvalue weighted by Gasteiger charge is -2.24. The number of hydrogen-bond donors (Lipinski definition) is 1. The molecule has 1 aromatic carbocycles. The highest BCUT2D eigenvalue weighted by atomic mass is 35.5. The third-order valence-electron chi connectivity index (χ3n) is 3.52. The molecule has 0 saturated heterocycles. The lowest BCUT2D eigenvalue weighted by Crippen LogP contribution is -2.39. The first-order valence-corrected chi connectivity index (χ1v) is 6.57. The van der Waals surface area contributed by atoms with Gasteiger partial charge in [0.2, 0.25) is 0 Å². The lowest BCUT2D eigenvalue weighted by atomic mass is 9.99. The second kappa shape index (κ2) is 5.20. The molecule has 106 valence electrons. The molecule has 1 unspecified atom stereocenters. The number of nitrogens with zero attached hydrogens (tertiary/aromatic N) is 4. The molecule has 1 N–H and O–H groups in total. The van der Waals surface area contributed by atoms with Crippen molar-refractivity contribution < 1.29 is 9.90 Å². The van der Waals surface area contributed by atoms with Gasteiger partial charge in [-0.3, -0.25) is 0 Å². The van der Waals surface area contributed by atoms with Gasteiger partial charge in [0.05, 0.1) is 5.02 Å². The van der Waals surface area contributed by atoms with E-state index in [1.165, 1.54) is 4.68 Å². The Bertz CT molecular complexity index is 656. The molecule has 0 fully saturated rings. The molecule has 0 spiro atoms. The van der Waals surface area contributed by atoms with Gasteiger partial charge in [0.1, 0.15) is 0 Å². The van der Waals surface area contributed by atoms with Gasteiger partial charge in [0.25, 0.3) is 0 Å². The molecular weight excluding hydrogens is 280 g/mol. The maximum atomic E-state index is 11.5. The fraction of sp³-hybridized carbons (Fsp3) is 0.385. The van der Waals surface area contributed by atoms with Gasteiger partial charge in [0.15, 0.2) is 11.4 Å². The molecule has 0 aliphatic carbocycles. The third kappa shape index (κ3) is 2.16. The average Bonchev–Trinajstić information content (AvgIpc) is 2.90. The maximum absolute atomic E-state index is 11.5. The standard InChI is InChI=1S/C13H15ClN4O2/c1-4-13(3,12(19)20)18-11(15-16-17-18)9-7-5-6-8(2)10(9)14/h5-7H,4H2,1-3H3,(H,19,20). The number of benzene rings is 1. The number of aliphatic carboxylic acids is 1. The number of hydrogen-bond acceptors (Lipinski definition) is 4. The number of rotatable bonds is 4. The van der Waals surface area contributed by atoms with Crippen LogP contribution in [0.25, 0.3) is 11.4 Å². The van der Waals surface area contributed by atoms with Crippen molar-refractivity contribution in [2.24, 2.45) is 0 Å². The van der Waals surface area contributed by atoms with Crippen molar-refractivity contribution in [3.63, 3.8) is 0 Å². The molecule has 6 nitrogen and oxygen atoms in total. The molecule has 1 atom stereocenters. The number of aromatic nitrogens is 4. The van der Waals surface area contributed by atoms with E-state index in [1.54, 1.807) is 19.9 Å². The Morgan fingerprint density at radius 3 is 2.80 bits per heavy atom. The number of carboxylic acid groups (broad SMARTS) is 1. The summed E-state index contributed by atoms with van der Waals surface area (Å²) in [5, 5.41) is 21.4. The topological polar surface area (TPSA) is 80.9 Å². The van der Waals surface area contributed by atoms with Crippen molar-refractivity contribution in [3.05, 3.63) is 28.8 Å². The van der Waals surface area contributed by atoms with Crippen LogP contribution in [0.5, 0.6) is 0 Å². The Labute approximate surface area is 121 Å². The van der Waals surface area contributed by atoms with Gasteiger partial charge >= 0.3 is 5.97 Å². The van der Waals surface area contributed by atoms with Crippen LogP contribution in [0, 0.1) is 6.92 Å². The molecule has 0 aliphatic rings. The van der Waals surface area contributed by atoms with Gasteiger partial charge < -0.3 is 5.11 Å². The van der Waals surface area contributed by atoms with E-state index in [2.05, 4.69) is 15.5 Å². The Morgan fingerprint density at radius 2 is 2.20 bits per heavy atom. The molecule has 2 aromatic rings. The largest absolute Gasteiger partial charge is 0.479 e. The van der Waals surface area contributed by atoms with Crippen LogP contribution in [0.1, 0.15) is 25.8 Å². The van der Waals surface area contributed by atoms with E-state index in [1.807, 2.05) is 19.1 Å². The summed E-state index contributed by atoms with van der Waals surface area (Å²) in [6, 6.07) is 5.48. The molecule has 0 bridgehead atoms. The van der Waals surface area contributed by atoms with Crippen molar-refractivity contribution in [1.29, 1.82) is 0 Å². The van der Waals surface area contributed by atoms with E-state index < -0.39 is 11.5 Å². The summed E-state index contributed by atoms with van der Waals surface area (Å²) in [6.07, 6.45) is 0.351. The second-order valence-electron chi connectivity index (χ2n) is 4.78. The number of carbonyl (C=O) groups is 1. The lowest BCUT2D eigenvalue weighted by molar-refractivity contribution is -0.147. The first-order valence-electron chi connectivity index (χ1n) is 6.19. The first-order chi connectivity index (χ1) is 9.41.